The summed E-state index contributed by atoms with van der Waals surface area (Å²) in [6.45, 7) is 7.66. The Hall–Kier alpha value is -1.88. The van der Waals surface area contributed by atoms with Crippen molar-refractivity contribution < 1.29 is 9.59 Å². The number of rotatable bonds is 5. The Morgan fingerprint density at radius 3 is 2.27 bits per heavy atom. The lowest BCUT2D eigenvalue weighted by atomic mass is 10.1. The molecule has 1 aromatic rings. The van der Waals surface area contributed by atoms with Crippen LogP contribution in [0, 0.1) is 0 Å². The predicted molar refractivity (Wildman–Crippen MR) is 87.8 cm³/mol. The highest BCUT2D eigenvalue weighted by Gasteiger charge is 2.18. The Balaban J connectivity index is 1.70. The van der Waals surface area contributed by atoms with Crippen LogP contribution in [0.3, 0.4) is 0 Å². The first-order chi connectivity index (χ1) is 10.6. The van der Waals surface area contributed by atoms with Gasteiger partial charge in [-0.05, 0) is 24.1 Å². The van der Waals surface area contributed by atoms with Gasteiger partial charge in [0, 0.05) is 51.8 Å². The molecule has 120 valence electrons. The molecule has 5 nitrogen and oxygen atoms in total. The Bertz CT molecular complexity index is 505. The molecule has 2 rings (SSSR count). The molecule has 0 aromatic heterocycles. The van der Waals surface area contributed by atoms with E-state index in [1.54, 1.807) is 6.92 Å². The molecule has 0 spiro atoms. The SMILES string of the molecule is CCc1ccc(NC(=O)CCN2CCN(C(C)=O)CC2)cc1. The molecule has 1 saturated heterocycles. The number of piperazine rings is 1. The van der Waals surface area contributed by atoms with Crippen LogP contribution in [0.5, 0.6) is 0 Å². The van der Waals surface area contributed by atoms with Gasteiger partial charge in [-0.3, -0.25) is 14.5 Å². The topological polar surface area (TPSA) is 52.7 Å². The fourth-order valence-corrected chi connectivity index (χ4v) is 2.59. The summed E-state index contributed by atoms with van der Waals surface area (Å²) in [5.41, 5.74) is 2.12. The van der Waals surface area contributed by atoms with Crippen molar-refractivity contribution in [1.29, 1.82) is 0 Å². The highest BCUT2D eigenvalue weighted by atomic mass is 16.2. The Morgan fingerprint density at radius 2 is 1.73 bits per heavy atom. The first-order valence-corrected chi connectivity index (χ1v) is 7.95. The van der Waals surface area contributed by atoms with Crippen molar-refractivity contribution in [2.45, 2.75) is 26.7 Å². The van der Waals surface area contributed by atoms with E-state index >= 15 is 0 Å². The van der Waals surface area contributed by atoms with Crippen LogP contribution in [-0.4, -0.2) is 54.3 Å². The minimum atomic E-state index is 0.0400. The number of benzene rings is 1. The number of amides is 2. The smallest absolute Gasteiger partial charge is 0.225 e. The summed E-state index contributed by atoms with van der Waals surface area (Å²) in [6, 6.07) is 7.97. The van der Waals surface area contributed by atoms with Crippen molar-refractivity contribution >= 4 is 17.5 Å². The van der Waals surface area contributed by atoms with Crippen molar-refractivity contribution in [3.05, 3.63) is 29.8 Å². The van der Waals surface area contributed by atoms with Gasteiger partial charge in [0.05, 0.1) is 0 Å². The van der Waals surface area contributed by atoms with Gasteiger partial charge in [-0.1, -0.05) is 19.1 Å². The zero-order valence-corrected chi connectivity index (χ0v) is 13.5. The summed E-state index contributed by atoms with van der Waals surface area (Å²) in [7, 11) is 0. The van der Waals surface area contributed by atoms with Crippen molar-refractivity contribution in [1.82, 2.24) is 9.80 Å². The van der Waals surface area contributed by atoms with Gasteiger partial charge in [0.25, 0.3) is 0 Å². The first kappa shape index (κ1) is 16.5. The maximum Gasteiger partial charge on any atom is 0.225 e. The molecule has 0 radical (unpaired) electrons. The molecule has 0 atom stereocenters. The molecule has 0 bridgehead atoms. The van der Waals surface area contributed by atoms with Crippen LogP contribution in [0.2, 0.25) is 0 Å². The quantitative estimate of drug-likeness (QED) is 0.901. The minimum absolute atomic E-state index is 0.0400. The maximum absolute atomic E-state index is 12.0. The van der Waals surface area contributed by atoms with Crippen LogP contribution in [0.15, 0.2) is 24.3 Å². The molecule has 0 unspecified atom stereocenters. The summed E-state index contributed by atoms with van der Waals surface area (Å²) < 4.78 is 0. The van der Waals surface area contributed by atoms with E-state index in [1.165, 1.54) is 5.56 Å². The molecule has 0 saturated carbocycles. The number of carbonyl (C=O) groups excluding carboxylic acids is 2. The van der Waals surface area contributed by atoms with E-state index in [0.29, 0.717) is 6.42 Å². The molecule has 22 heavy (non-hydrogen) atoms. The summed E-state index contributed by atoms with van der Waals surface area (Å²) in [5, 5.41) is 2.93. The monoisotopic (exact) mass is 303 g/mol. The van der Waals surface area contributed by atoms with Crippen molar-refractivity contribution in [2.75, 3.05) is 38.0 Å². The van der Waals surface area contributed by atoms with Gasteiger partial charge in [-0.25, -0.2) is 0 Å². The number of carbonyl (C=O) groups is 2. The van der Waals surface area contributed by atoms with Crippen molar-refractivity contribution in [3.63, 3.8) is 0 Å². The average molecular weight is 303 g/mol. The Kier molecular flexibility index (Phi) is 5.95. The van der Waals surface area contributed by atoms with E-state index < -0.39 is 0 Å². The normalized spacial score (nSPS) is 15.6. The zero-order valence-electron chi connectivity index (χ0n) is 13.5. The van der Waals surface area contributed by atoms with Crippen LogP contribution in [0.4, 0.5) is 5.69 Å². The molecule has 1 aliphatic rings. The molecule has 1 heterocycles. The van der Waals surface area contributed by atoms with E-state index in [2.05, 4.69) is 17.1 Å². The standard InChI is InChI=1S/C17H25N3O2/c1-3-15-4-6-16(7-5-15)18-17(22)8-9-19-10-12-20(13-11-19)14(2)21/h4-7H,3,8-13H2,1-2H3,(H,18,22). The summed E-state index contributed by atoms with van der Waals surface area (Å²) >= 11 is 0. The lowest BCUT2D eigenvalue weighted by Crippen LogP contribution is -2.48. The molecule has 5 heteroatoms. The van der Waals surface area contributed by atoms with E-state index in [1.807, 2.05) is 29.2 Å². The van der Waals surface area contributed by atoms with Crippen LogP contribution in [0.25, 0.3) is 0 Å². The number of nitrogens with zero attached hydrogens (tertiary/aromatic N) is 2. The van der Waals surface area contributed by atoms with E-state index in [4.69, 9.17) is 0 Å². The third-order valence-corrected chi connectivity index (χ3v) is 4.12. The zero-order chi connectivity index (χ0) is 15.9. The van der Waals surface area contributed by atoms with Gasteiger partial charge in [0.2, 0.25) is 11.8 Å². The Labute approximate surface area is 132 Å². The lowest BCUT2D eigenvalue weighted by molar-refractivity contribution is -0.130. The fourth-order valence-electron chi connectivity index (χ4n) is 2.59. The first-order valence-electron chi connectivity index (χ1n) is 7.95. The highest BCUT2D eigenvalue weighted by molar-refractivity contribution is 5.90. The number of nitrogens with one attached hydrogen (secondary N) is 1. The second-order valence-electron chi connectivity index (χ2n) is 5.70. The second-order valence-corrected chi connectivity index (χ2v) is 5.70. The number of hydrogen-bond donors (Lipinski definition) is 1. The molecule has 2 amide bonds. The fraction of sp³-hybridized carbons (Fsp3) is 0.529. The third kappa shape index (κ3) is 4.84. The van der Waals surface area contributed by atoms with E-state index in [0.717, 1.165) is 44.8 Å². The second kappa shape index (κ2) is 7.94. The van der Waals surface area contributed by atoms with E-state index in [-0.39, 0.29) is 11.8 Å². The van der Waals surface area contributed by atoms with Crippen molar-refractivity contribution in [2.24, 2.45) is 0 Å². The largest absolute Gasteiger partial charge is 0.340 e. The third-order valence-electron chi connectivity index (χ3n) is 4.12. The summed E-state index contributed by atoms with van der Waals surface area (Å²) in [6.07, 6.45) is 1.48. The molecular weight excluding hydrogens is 278 g/mol. The molecular formula is C17H25N3O2. The predicted octanol–water partition coefficient (Wildman–Crippen LogP) is 1.74. The van der Waals surface area contributed by atoms with Gasteiger partial charge in [0.15, 0.2) is 0 Å². The molecule has 1 fully saturated rings. The number of aryl methyl sites for hydroxylation is 1. The maximum atomic E-state index is 12.0. The van der Waals surface area contributed by atoms with Crippen LogP contribution >= 0.6 is 0 Å². The summed E-state index contributed by atoms with van der Waals surface area (Å²) in [5.74, 6) is 0.172. The van der Waals surface area contributed by atoms with Crippen LogP contribution in [-0.2, 0) is 16.0 Å². The average Bonchev–Trinajstić information content (AvgIpc) is 2.54. The number of anilines is 1. The molecule has 1 aliphatic heterocycles. The van der Waals surface area contributed by atoms with Gasteiger partial charge in [0.1, 0.15) is 0 Å². The van der Waals surface area contributed by atoms with E-state index in [9.17, 15) is 9.59 Å². The van der Waals surface area contributed by atoms with Gasteiger partial charge >= 0.3 is 0 Å². The number of hydrogen-bond acceptors (Lipinski definition) is 3. The summed E-state index contributed by atoms with van der Waals surface area (Å²) in [4.78, 5) is 27.3. The van der Waals surface area contributed by atoms with Gasteiger partial charge in [-0.2, -0.15) is 0 Å². The molecule has 0 aliphatic carbocycles. The van der Waals surface area contributed by atoms with Crippen LogP contribution in [0.1, 0.15) is 25.8 Å². The van der Waals surface area contributed by atoms with Crippen LogP contribution < -0.4 is 5.32 Å². The molecule has 1 N–H and O–H groups in total. The molecule has 1 aromatic carbocycles. The van der Waals surface area contributed by atoms with Crippen molar-refractivity contribution in [3.8, 4) is 0 Å². The van der Waals surface area contributed by atoms with Gasteiger partial charge < -0.3 is 10.2 Å². The Morgan fingerprint density at radius 1 is 1.09 bits per heavy atom. The van der Waals surface area contributed by atoms with Gasteiger partial charge in [-0.15, -0.1) is 0 Å². The minimum Gasteiger partial charge on any atom is -0.340 e. The lowest BCUT2D eigenvalue weighted by Gasteiger charge is -2.34. The highest BCUT2D eigenvalue weighted by Crippen LogP contribution is 2.10.